The van der Waals surface area contributed by atoms with Gasteiger partial charge in [-0.2, -0.15) is 0 Å². The molecule has 0 saturated carbocycles. The van der Waals surface area contributed by atoms with Gasteiger partial charge in [-0.15, -0.1) is 0 Å². The van der Waals surface area contributed by atoms with Crippen LogP contribution in [-0.4, -0.2) is 45.3 Å². The van der Waals surface area contributed by atoms with Gasteiger partial charge in [0.2, 0.25) is 0 Å². The lowest BCUT2D eigenvalue weighted by molar-refractivity contribution is 0.102. The molecule has 1 aromatic heterocycles. The minimum Gasteiger partial charge on any atom is -0.496 e. The summed E-state index contributed by atoms with van der Waals surface area (Å²) < 4.78 is 78.7. The van der Waals surface area contributed by atoms with E-state index in [1.807, 2.05) is 0 Å². The summed E-state index contributed by atoms with van der Waals surface area (Å²) in [5.74, 6) is -5.87. The van der Waals surface area contributed by atoms with E-state index in [0.717, 1.165) is 19.2 Å². The maximum Gasteiger partial charge on any atom is 0.259 e. The first-order chi connectivity index (χ1) is 18.7. The van der Waals surface area contributed by atoms with Crippen LogP contribution in [0.3, 0.4) is 0 Å². The van der Waals surface area contributed by atoms with Crippen molar-refractivity contribution in [2.45, 2.75) is 0 Å². The Labute approximate surface area is 220 Å². The smallest absolute Gasteiger partial charge is 0.259 e. The second-order valence-electron chi connectivity index (χ2n) is 8.07. The van der Waals surface area contributed by atoms with Crippen molar-refractivity contribution in [3.63, 3.8) is 0 Å². The Balaban J connectivity index is 1.61. The number of hydrogen-bond donors (Lipinski definition) is 2. The number of benzene rings is 3. The van der Waals surface area contributed by atoms with Crippen LogP contribution in [0, 0.1) is 23.3 Å². The van der Waals surface area contributed by atoms with Crippen LogP contribution in [0.25, 0.3) is 10.9 Å². The predicted molar refractivity (Wildman–Crippen MR) is 135 cm³/mol. The molecule has 0 fully saturated rings. The first-order valence-corrected chi connectivity index (χ1v) is 11.5. The molecular weight excluding hydrogens is 522 g/mol. The monoisotopic (exact) mass is 545 g/mol. The number of carbonyl (C=O) groups excluding carboxylic acids is 1. The number of pyridine rings is 1. The van der Waals surface area contributed by atoms with Gasteiger partial charge in [0.05, 0.1) is 25.3 Å². The molecule has 0 unspecified atom stereocenters. The summed E-state index contributed by atoms with van der Waals surface area (Å²) in [6.45, 7) is 0.970. The van der Waals surface area contributed by atoms with Crippen molar-refractivity contribution in [2.75, 3.05) is 39.7 Å². The lowest BCUT2D eigenvalue weighted by Crippen LogP contribution is -2.16. The molecule has 1 amide bonds. The average Bonchev–Trinajstić information content (AvgIpc) is 2.91. The third-order valence-electron chi connectivity index (χ3n) is 5.55. The van der Waals surface area contributed by atoms with Crippen LogP contribution in [0.15, 0.2) is 48.7 Å². The first kappa shape index (κ1) is 27.5. The number of amides is 1. The number of halogens is 4. The third-order valence-corrected chi connectivity index (χ3v) is 5.55. The molecule has 0 aliphatic heterocycles. The van der Waals surface area contributed by atoms with Gasteiger partial charge < -0.3 is 29.6 Å². The number of nitrogens with zero attached hydrogens (tertiary/aromatic N) is 1. The standard InChI is InChI=1S/C27H23F4N3O5/c1-32-6-7-38-25-13-21-15(11-24(25)37-3)22(4-5-33-21)39-26-19(30)8-14(9-20(26)31)34-27(35)16-10-17(28)18(29)12-23(16)36-2/h4-5,8-13,32H,6-7H2,1-3H3,(H,34,35). The molecule has 0 spiro atoms. The Morgan fingerprint density at radius 2 is 1.54 bits per heavy atom. The maximum atomic E-state index is 15.0. The van der Waals surface area contributed by atoms with E-state index in [-0.39, 0.29) is 22.7 Å². The molecule has 3 aromatic carbocycles. The Kier molecular flexibility index (Phi) is 8.35. The van der Waals surface area contributed by atoms with E-state index < -0.39 is 34.9 Å². The molecule has 0 saturated heterocycles. The van der Waals surface area contributed by atoms with E-state index in [4.69, 9.17) is 18.9 Å². The highest BCUT2D eigenvalue weighted by Gasteiger charge is 2.21. The first-order valence-electron chi connectivity index (χ1n) is 11.5. The number of aromatic nitrogens is 1. The largest absolute Gasteiger partial charge is 0.496 e. The summed E-state index contributed by atoms with van der Waals surface area (Å²) in [5.41, 5.74) is -0.235. The van der Waals surface area contributed by atoms with E-state index in [1.54, 1.807) is 19.2 Å². The van der Waals surface area contributed by atoms with Crippen LogP contribution in [0.2, 0.25) is 0 Å². The van der Waals surface area contributed by atoms with Gasteiger partial charge in [-0.05, 0) is 25.2 Å². The van der Waals surface area contributed by atoms with Crippen molar-refractivity contribution >= 4 is 22.5 Å². The molecule has 0 aliphatic rings. The molecule has 0 atom stereocenters. The van der Waals surface area contributed by atoms with Gasteiger partial charge in [-0.3, -0.25) is 9.78 Å². The van der Waals surface area contributed by atoms with Crippen LogP contribution in [-0.2, 0) is 0 Å². The number of anilines is 1. The highest BCUT2D eigenvalue weighted by Crippen LogP contribution is 2.38. The fraction of sp³-hybridized carbons (Fsp3) is 0.185. The van der Waals surface area contributed by atoms with Crippen LogP contribution in [0.1, 0.15) is 10.4 Å². The molecule has 39 heavy (non-hydrogen) atoms. The fourth-order valence-corrected chi connectivity index (χ4v) is 3.67. The number of hydrogen-bond acceptors (Lipinski definition) is 7. The van der Waals surface area contributed by atoms with Gasteiger partial charge in [0.1, 0.15) is 18.1 Å². The average molecular weight is 545 g/mol. The summed E-state index contributed by atoms with van der Waals surface area (Å²) in [5, 5.41) is 5.60. The second-order valence-corrected chi connectivity index (χ2v) is 8.07. The number of ether oxygens (including phenoxy) is 4. The van der Waals surface area contributed by atoms with E-state index in [9.17, 15) is 22.4 Å². The highest BCUT2D eigenvalue weighted by atomic mass is 19.2. The molecule has 0 radical (unpaired) electrons. The number of nitrogens with one attached hydrogen (secondary N) is 2. The van der Waals surface area contributed by atoms with Crippen molar-refractivity contribution in [2.24, 2.45) is 0 Å². The summed E-state index contributed by atoms with van der Waals surface area (Å²) in [6.07, 6.45) is 1.40. The predicted octanol–water partition coefficient (Wildman–Crippen LogP) is 5.45. The Morgan fingerprint density at radius 3 is 2.21 bits per heavy atom. The zero-order valence-corrected chi connectivity index (χ0v) is 21.0. The Hall–Kier alpha value is -4.58. The third kappa shape index (κ3) is 5.96. The Morgan fingerprint density at radius 1 is 0.846 bits per heavy atom. The van der Waals surface area contributed by atoms with Gasteiger partial charge in [0, 0.05) is 48.1 Å². The second kappa shape index (κ2) is 11.9. The number of fused-ring (bicyclic) bond motifs is 1. The van der Waals surface area contributed by atoms with E-state index in [1.165, 1.54) is 19.4 Å². The van der Waals surface area contributed by atoms with Gasteiger partial charge in [-0.25, -0.2) is 17.6 Å². The molecule has 8 nitrogen and oxygen atoms in total. The summed E-state index contributed by atoms with van der Waals surface area (Å²) in [7, 11) is 4.39. The van der Waals surface area contributed by atoms with E-state index in [2.05, 4.69) is 15.6 Å². The molecule has 4 aromatic rings. The minimum absolute atomic E-state index is 0.0844. The number of carbonyl (C=O) groups is 1. The molecule has 0 aliphatic carbocycles. The molecule has 1 heterocycles. The quantitative estimate of drug-likeness (QED) is 0.202. The normalized spacial score (nSPS) is 10.8. The van der Waals surface area contributed by atoms with Crippen molar-refractivity contribution in [3.05, 3.63) is 77.5 Å². The zero-order valence-electron chi connectivity index (χ0n) is 21.0. The van der Waals surface area contributed by atoms with Gasteiger partial charge in [0.15, 0.2) is 40.5 Å². The summed E-state index contributed by atoms with van der Waals surface area (Å²) in [4.78, 5) is 16.9. The lowest BCUT2D eigenvalue weighted by atomic mass is 10.1. The van der Waals surface area contributed by atoms with Crippen LogP contribution in [0.5, 0.6) is 28.7 Å². The molecule has 2 N–H and O–H groups in total. The molecular formula is C27H23F4N3O5. The van der Waals surface area contributed by atoms with Gasteiger partial charge in [-0.1, -0.05) is 0 Å². The van der Waals surface area contributed by atoms with Crippen molar-refractivity contribution < 1.29 is 41.3 Å². The van der Waals surface area contributed by atoms with Gasteiger partial charge >= 0.3 is 0 Å². The SMILES string of the molecule is CNCCOc1cc2nccc(Oc3c(F)cc(NC(=O)c4cc(F)c(F)cc4OC)cc3F)c2cc1OC. The van der Waals surface area contributed by atoms with Crippen LogP contribution < -0.4 is 29.6 Å². The van der Waals surface area contributed by atoms with Crippen molar-refractivity contribution in [3.8, 4) is 28.7 Å². The summed E-state index contributed by atoms with van der Waals surface area (Å²) in [6, 6.07) is 7.57. The number of rotatable bonds is 10. The number of methoxy groups -OCH3 is 2. The molecule has 4 rings (SSSR count). The summed E-state index contributed by atoms with van der Waals surface area (Å²) >= 11 is 0. The van der Waals surface area contributed by atoms with E-state index >= 15 is 0 Å². The van der Waals surface area contributed by atoms with E-state index in [0.29, 0.717) is 47.7 Å². The fourth-order valence-electron chi connectivity index (χ4n) is 3.67. The van der Waals surface area contributed by atoms with Crippen LogP contribution >= 0.6 is 0 Å². The molecule has 12 heteroatoms. The zero-order chi connectivity index (χ0) is 28.1. The van der Waals surface area contributed by atoms with Gasteiger partial charge in [0.25, 0.3) is 5.91 Å². The van der Waals surface area contributed by atoms with Crippen LogP contribution in [0.4, 0.5) is 23.2 Å². The molecule has 204 valence electrons. The van der Waals surface area contributed by atoms with Crippen molar-refractivity contribution in [1.82, 2.24) is 10.3 Å². The maximum absolute atomic E-state index is 15.0. The molecule has 0 bridgehead atoms. The topological polar surface area (TPSA) is 90.9 Å². The number of likely N-dealkylation sites (N-methyl/N-ethyl adjacent to an activating group) is 1. The highest BCUT2D eigenvalue weighted by molar-refractivity contribution is 6.06. The minimum atomic E-state index is -1.29. The van der Waals surface area contributed by atoms with Crippen molar-refractivity contribution in [1.29, 1.82) is 0 Å². The lowest BCUT2D eigenvalue weighted by Gasteiger charge is -2.15. The Bertz CT molecular complexity index is 1510.